The highest BCUT2D eigenvalue weighted by atomic mass is 35.5. The third kappa shape index (κ3) is 7.79. The van der Waals surface area contributed by atoms with Crippen LogP contribution in [-0.4, -0.2) is 77.0 Å². The molecule has 66 heavy (non-hydrogen) atoms. The Morgan fingerprint density at radius 1 is 0.818 bits per heavy atom. The highest BCUT2D eigenvalue weighted by Gasteiger charge is 2.72. The Kier molecular flexibility index (Phi) is 12.5. The number of hydrogen-bond donors (Lipinski definition) is 6. The number of nitrogens with zero attached hydrogens (tertiary/aromatic N) is 1. The summed E-state index contributed by atoms with van der Waals surface area (Å²) in [4.78, 5) is 93.7. The van der Waals surface area contributed by atoms with Crippen LogP contribution < -0.4 is 31.9 Å². The molecule has 1 saturated carbocycles. The van der Waals surface area contributed by atoms with Gasteiger partial charge in [0.25, 0.3) is 17.7 Å². The summed E-state index contributed by atoms with van der Waals surface area (Å²) in [6, 6.07) is 19.2. The predicted octanol–water partition coefficient (Wildman–Crippen LogP) is 7.22. The summed E-state index contributed by atoms with van der Waals surface area (Å²) in [6.07, 6.45) is 7.02. The van der Waals surface area contributed by atoms with Gasteiger partial charge in [-0.1, -0.05) is 79.6 Å². The molecule has 0 aromatic heterocycles. The van der Waals surface area contributed by atoms with Gasteiger partial charge in [0.1, 0.15) is 17.3 Å². The van der Waals surface area contributed by atoms with Gasteiger partial charge in [-0.25, -0.2) is 4.39 Å². The zero-order chi connectivity index (χ0) is 46.3. The SMILES string of the molecule is O=C1CCC(N2C(=O)c3cccc(NCCCCCCNC(=O)c4ccc(NC(=O)[C@@H]5NC6(CCCCC6)[C@@]6(C(=O)Nc7cc(Cl)ccc76)[C@H]5c5cccc(Cl)c5F)cc4)c3C2=O)C(=O)N1. The van der Waals surface area contributed by atoms with Crippen molar-refractivity contribution in [1.82, 2.24) is 20.9 Å². The third-order valence-corrected chi connectivity index (χ3v) is 14.4. The highest BCUT2D eigenvalue weighted by Crippen LogP contribution is 2.63. The maximum atomic E-state index is 16.2. The van der Waals surface area contributed by atoms with Crippen LogP contribution in [0.25, 0.3) is 0 Å². The minimum absolute atomic E-state index is 0.0459. The van der Waals surface area contributed by atoms with E-state index >= 15 is 4.39 Å². The monoisotopic (exact) mass is 935 g/mol. The van der Waals surface area contributed by atoms with Gasteiger partial charge in [-0.15, -0.1) is 0 Å². The molecule has 7 amide bonds. The van der Waals surface area contributed by atoms with Gasteiger partial charge in [0.2, 0.25) is 23.6 Å². The van der Waals surface area contributed by atoms with Gasteiger partial charge in [-0.05, 0) is 97.8 Å². The molecule has 2 spiro atoms. The normalized spacial score (nSPS) is 22.9. The molecule has 9 rings (SSSR count). The van der Waals surface area contributed by atoms with E-state index < -0.39 is 64.3 Å². The quantitative estimate of drug-likeness (QED) is 0.0593. The Morgan fingerprint density at radius 2 is 1.56 bits per heavy atom. The van der Waals surface area contributed by atoms with E-state index in [1.54, 1.807) is 72.8 Å². The van der Waals surface area contributed by atoms with Crippen molar-refractivity contribution >= 4 is 81.6 Å². The number of rotatable bonds is 13. The number of hydrogen-bond acceptors (Lipinski definition) is 9. The van der Waals surface area contributed by atoms with E-state index in [9.17, 15) is 33.6 Å². The predicted molar refractivity (Wildman–Crippen MR) is 246 cm³/mol. The summed E-state index contributed by atoms with van der Waals surface area (Å²) < 4.78 is 16.2. The van der Waals surface area contributed by atoms with Crippen LogP contribution in [0.2, 0.25) is 10.0 Å². The first-order valence-electron chi connectivity index (χ1n) is 22.5. The molecule has 342 valence electrons. The van der Waals surface area contributed by atoms with Crippen molar-refractivity contribution in [2.24, 2.45) is 0 Å². The maximum absolute atomic E-state index is 16.2. The molecule has 6 N–H and O–H groups in total. The van der Waals surface area contributed by atoms with Gasteiger partial charge in [-0.3, -0.25) is 49.1 Å². The third-order valence-electron chi connectivity index (χ3n) is 13.9. The molecule has 4 aromatic rings. The van der Waals surface area contributed by atoms with Crippen molar-refractivity contribution in [3.8, 4) is 0 Å². The van der Waals surface area contributed by atoms with Gasteiger partial charge >= 0.3 is 0 Å². The molecule has 0 radical (unpaired) electrons. The second kappa shape index (κ2) is 18.3. The lowest BCUT2D eigenvalue weighted by Crippen LogP contribution is -2.60. The molecule has 4 aliphatic heterocycles. The molecular weight excluding hydrogens is 888 g/mol. The van der Waals surface area contributed by atoms with Gasteiger partial charge in [0, 0.05) is 58.6 Å². The van der Waals surface area contributed by atoms with Gasteiger partial charge in [-0.2, -0.15) is 0 Å². The zero-order valence-electron chi connectivity index (χ0n) is 35.9. The molecular formula is C49H48Cl2FN7O7. The summed E-state index contributed by atoms with van der Waals surface area (Å²) in [6.45, 7) is 0.964. The number of carbonyl (C=O) groups is 7. The lowest BCUT2D eigenvalue weighted by atomic mass is 9.55. The number of imide groups is 2. The number of amides is 7. The molecule has 4 atom stereocenters. The average Bonchev–Trinajstić information content (AvgIpc) is 3.86. The van der Waals surface area contributed by atoms with Crippen molar-refractivity contribution < 1.29 is 38.0 Å². The first-order valence-corrected chi connectivity index (χ1v) is 23.2. The van der Waals surface area contributed by atoms with Crippen LogP contribution in [0.4, 0.5) is 21.5 Å². The van der Waals surface area contributed by atoms with E-state index in [0.29, 0.717) is 59.1 Å². The molecule has 5 aliphatic rings. The van der Waals surface area contributed by atoms with Crippen LogP contribution >= 0.6 is 23.2 Å². The fourth-order valence-corrected chi connectivity index (χ4v) is 11.3. The molecule has 4 heterocycles. The van der Waals surface area contributed by atoms with Crippen molar-refractivity contribution in [2.45, 2.75) is 99.6 Å². The van der Waals surface area contributed by atoms with Crippen LogP contribution in [0.5, 0.6) is 0 Å². The number of unbranched alkanes of at least 4 members (excludes halogenated alkanes) is 3. The van der Waals surface area contributed by atoms with Crippen LogP contribution in [0.1, 0.15) is 119 Å². The summed E-state index contributed by atoms with van der Waals surface area (Å²) >= 11 is 12.8. The van der Waals surface area contributed by atoms with E-state index in [1.165, 1.54) is 6.07 Å². The van der Waals surface area contributed by atoms with E-state index in [2.05, 4.69) is 31.9 Å². The standard InChI is InChI=1S/C49H48Cl2FN7O7/c50-28-16-19-32-35(26-28)56-47(66)49(32)39(31-11-8-12-33(51)40(31)52)41(58-48(49)22-4-3-5-23-48)44(63)55-29-17-14-27(15-18-29)42(61)54-25-7-2-1-6-24-53-34-13-9-10-30-38(34)46(65)59(45(30)64)36-20-21-37(60)57-43(36)62/h8-19,26,36,39,41,53,58H,1-7,20-25H2,(H,54,61)(H,55,63)(H,56,66)(H,57,60,62)/t36?,39-,41+,49+/m0/s1. The topological polar surface area (TPSA) is 195 Å². The highest BCUT2D eigenvalue weighted by molar-refractivity contribution is 6.31. The first kappa shape index (κ1) is 45.0. The molecule has 1 aliphatic carbocycles. The maximum Gasteiger partial charge on any atom is 0.264 e. The van der Waals surface area contributed by atoms with Gasteiger partial charge in [0.05, 0.1) is 22.2 Å². The van der Waals surface area contributed by atoms with Crippen molar-refractivity contribution in [2.75, 3.05) is 29.0 Å². The second-order valence-electron chi connectivity index (χ2n) is 17.7. The molecule has 4 aromatic carbocycles. The second-order valence-corrected chi connectivity index (χ2v) is 18.5. The molecule has 14 nitrogen and oxygen atoms in total. The van der Waals surface area contributed by atoms with E-state index in [4.69, 9.17) is 23.2 Å². The van der Waals surface area contributed by atoms with Crippen LogP contribution in [0.15, 0.2) is 78.9 Å². The Morgan fingerprint density at radius 3 is 2.32 bits per heavy atom. The molecule has 17 heteroatoms. The lowest BCUT2D eigenvalue weighted by Gasteiger charge is -2.47. The van der Waals surface area contributed by atoms with Crippen molar-refractivity contribution in [3.05, 3.63) is 123 Å². The minimum atomic E-state index is -1.36. The molecule has 3 fully saturated rings. The summed E-state index contributed by atoms with van der Waals surface area (Å²) in [5, 5.41) is 18.4. The fourth-order valence-electron chi connectivity index (χ4n) is 10.9. The van der Waals surface area contributed by atoms with Crippen LogP contribution in [0.3, 0.4) is 0 Å². The van der Waals surface area contributed by atoms with Crippen molar-refractivity contribution in [1.29, 1.82) is 0 Å². The van der Waals surface area contributed by atoms with Crippen molar-refractivity contribution in [3.63, 3.8) is 0 Å². The summed E-state index contributed by atoms with van der Waals surface area (Å²) in [7, 11) is 0. The lowest BCUT2D eigenvalue weighted by molar-refractivity contribution is -0.136. The molecule has 2 saturated heterocycles. The Hall–Kier alpha value is -6.16. The van der Waals surface area contributed by atoms with Crippen LogP contribution in [-0.2, 0) is 24.6 Å². The number of piperidine rings is 1. The first-order chi connectivity index (χ1) is 31.8. The number of halogens is 3. The van der Waals surface area contributed by atoms with E-state index in [-0.39, 0.29) is 46.4 Å². The molecule has 1 unspecified atom stereocenters. The number of carbonyl (C=O) groups excluding carboxylic acids is 7. The largest absolute Gasteiger partial charge is 0.384 e. The van der Waals surface area contributed by atoms with Gasteiger partial charge < -0.3 is 21.3 Å². The minimum Gasteiger partial charge on any atom is -0.384 e. The zero-order valence-corrected chi connectivity index (χ0v) is 37.4. The summed E-state index contributed by atoms with van der Waals surface area (Å²) in [5.74, 6) is -4.95. The average molecular weight is 937 g/mol. The molecule has 0 bridgehead atoms. The van der Waals surface area contributed by atoms with E-state index in [0.717, 1.165) is 49.8 Å². The fraction of sp³-hybridized carbons (Fsp3) is 0.367. The number of nitrogens with one attached hydrogen (secondary N) is 6. The Bertz CT molecular complexity index is 2670. The summed E-state index contributed by atoms with van der Waals surface area (Å²) in [5.41, 5.74) is 0.851. The Labute approximate surface area is 390 Å². The Balaban J connectivity index is 0.795. The van der Waals surface area contributed by atoms with Gasteiger partial charge in [0.15, 0.2) is 0 Å². The van der Waals surface area contributed by atoms with E-state index in [1.807, 2.05) is 0 Å². The smallest absolute Gasteiger partial charge is 0.264 e. The number of fused-ring (bicyclic) bond motifs is 4. The number of anilines is 3. The number of benzene rings is 4. The van der Waals surface area contributed by atoms with Crippen LogP contribution in [0, 0.1) is 5.82 Å².